The van der Waals surface area contributed by atoms with Crippen molar-refractivity contribution in [2.24, 2.45) is 0 Å². The van der Waals surface area contributed by atoms with E-state index < -0.39 is 0 Å². The van der Waals surface area contributed by atoms with Crippen molar-refractivity contribution in [1.82, 2.24) is 25.0 Å². The highest BCUT2D eigenvalue weighted by Gasteiger charge is 2.17. The molecule has 0 fully saturated rings. The van der Waals surface area contributed by atoms with Crippen LogP contribution in [0.3, 0.4) is 0 Å². The number of benzene rings is 1. The summed E-state index contributed by atoms with van der Waals surface area (Å²) in [5.74, 6) is -0.0944. The molecule has 0 saturated heterocycles. The molecule has 130 valence electrons. The van der Waals surface area contributed by atoms with Crippen LogP contribution < -0.4 is 5.32 Å². The first-order valence-corrected chi connectivity index (χ1v) is 8.79. The van der Waals surface area contributed by atoms with Crippen LogP contribution in [-0.4, -0.2) is 45.7 Å². The summed E-state index contributed by atoms with van der Waals surface area (Å²) < 4.78 is 1.97. The van der Waals surface area contributed by atoms with Crippen LogP contribution in [0.1, 0.15) is 28.2 Å². The van der Waals surface area contributed by atoms with Gasteiger partial charge in [0.2, 0.25) is 0 Å². The van der Waals surface area contributed by atoms with Crippen molar-refractivity contribution < 1.29 is 4.79 Å². The lowest BCUT2D eigenvalue weighted by atomic mass is 10.1. The first-order valence-electron chi connectivity index (χ1n) is 8.79. The maximum atomic E-state index is 12.4. The number of amides is 1. The number of nitrogens with zero attached hydrogens (tertiary/aromatic N) is 3. The number of para-hydroxylation sites is 1. The van der Waals surface area contributed by atoms with Gasteiger partial charge in [-0.15, -0.1) is 0 Å². The molecule has 0 radical (unpaired) electrons. The first kappa shape index (κ1) is 15.9. The van der Waals surface area contributed by atoms with Crippen molar-refractivity contribution >= 4 is 16.8 Å². The molecule has 0 spiro atoms. The predicted molar refractivity (Wildman–Crippen MR) is 97.5 cm³/mol. The van der Waals surface area contributed by atoms with E-state index in [1.165, 1.54) is 10.9 Å². The van der Waals surface area contributed by atoms with E-state index in [1.807, 2.05) is 29.1 Å². The number of fused-ring (bicyclic) bond motifs is 2. The summed E-state index contributed by atoms with van der Waals surface area (Å²) in [6, 6.07) is 10.1. The van der Waals surface area contributed by atoms with Gasteiger partial charge < -0.3 is 15.2 Å². The maximum absolute atomic E-state index is 12.4. The normalized spacial score (nSPS) is 15.1. The Hall–Kier alpha value is -2.60. The Morgan fingerprint density at radius 1 is 1.32 bits per heavy atom. The Morgan fingerprint density at radius 3 is 3.12 bits per heavy atom. The van der Waals surface area contributed by atoms with Gasteiger partial charge in [-0.2, -0.15) is 5.10 Å². The van der Waals surface area contributed by atoms with E-state index in [9.17, 15) is 4.79 Å². The third kappa shape index (κ3) is 3.30. The van der Waals surface area contributed by atoms with Gasteiger partial charge in [0.05, 0.1) is 5.69 Å². The van der Waals surface area contributed by atoms with E-state index in [1.54, 1.807) is 0 Å². The number of hydrogen-bond donors (Lipinski definition) is 2. The number of rotatable bonds is 4. The Balaban J connectivity index is 1.39. The minimum atomic E-state index is -0.0944. The molecule has 6 heteroatoms. The van der Waals surface area contributed by atoms with Crippen LogP contribution in [0, 0.1) is 0 Å². The number of aromatic nitrogens is 3. The highest BCUT2D eigenvalue weighted by atomic mass is 16.1. The molecule has 3 aromatic rings. The standard InChI is InChI=1S/C19H23N5O/c1-23-9-4-10-24-15(13-23)11-18(22-24)19(25)20-8-7-14-12-21-17-6-3-2-5-16(14)17/h2-3,5-6,11-12,21H,4,7-10,13H2,1H3,(H,20,25). The molecule has 0 unspecified atom stereocenters. The van der Waals surface area contributed by atoms with E-state index in [-0.39, 0.29) is 5.91 Å². The lowest BCUT2D eigenvalue weighted by Crippen LogP contribution is -2.26. The molecule has 0 atom stereocenters. The van der Waals surface area contributed by atoms with Crippen LogP contribution in [0.2, 0.25) is 0 Å². The summed E-state index contributed by atoms with van der Waals surface area (Å²) in [4.78, 5) is 17.9. The number of carbonyl (C=O) groups excluding carboxylic acids is 1. The molecule has 1 aliphatic rings. The van der Waals surface area contributed by atoms with Crippen molar-refractivity contribution in [2.45, 2.75) is 25.9 Å². The van der Waals surface area contributed by atoms with Crippen molar-refractivity contribution in [2.75, 3.05) is 20.1 Å². The third-order valence-electron chi connectivity index (χ3n) is 4.79. The molecule has 2 aromatic heterocycles. The number of H-pyrrole nitrogens is 1. The van der Waals surface area contributed by atoms with Gasteiger partial charge in [-0.1, -0.05) is 18.2 Å². The number of nitrogens with one attached hydrogen (secondary N) is 2. The number of hydrogen-bond acceptors (Lipinski definition) is 3. The third-order valence-corrected chi connectivity index (χ3v) is 4.79. The van der Waals surface area contributed by atoms with Crippen LogP contribution in [0.25, 0.3) is 10.9 Å². The lowest BCUT2D eigenvalue weighted by molar-refractivity contribution is 0.0948. The zero-order valence-electron chi connectivity index (χ0n) is 14.5. The minimum Gasteiger partial charge on any atom is -0.361 e. The summed E-state index contributed by atoms with van der Waals surface area (Å²) in [7, 11) is 2.10. The van der Waals surface area contributed by atoms with Crippen molar-refractivity contribution in [1.29, 1.82) is 0 Å². The van der Waals surface area contributed by atoms with Gasteiger partial charge in [0.15, 0.2) is 0 Å². The highest BCUT2D eigenvalue weighted by molar-refractivity contribution is 5.92. The summed E-state index contributed by atoms with van der Waals surface area (Å²) in [5, 5.41) is 8.69. The van der Waals surface area contributed by atoms with E-state index in [2.05, 4.69) is 39.5 Å². The predicted octanol–water partition coefficient (Wildman–Crippen LogP) is 2.17. The molecule has 0 saturated carbocycles. The summed E-state index contributed by atoms with van der Waals surface area (Å²) >= 11 is 0. The van der Waals surface area contributed by atoms with Gasteiger partial charge in [0, 0.05) is 43.3 Å². The second kappa shape index (κ2) is 6.72. The molecule has 0 bridgehead atoms. The van der Waals surface area contributed by atoms with Gasteiger partial charge in [0.25, 0.3) is 5.91 Å². The molecule has 1 amide bonds. The Morgan fingerprint density at radius 2 is 2.20 bits per heavy atom. The van der Waals surface area contributed by atoms with E-state index >= 15 is 0 Å². The monoisotopic (exact) mass is 337 g/mol. The number of aryl methyl sites for hydroxylation is 1. The van der Waals surface area contributed by atoms with E-state index in [0.29, 0.717) is 12.2 Å². The quantitative estimate of drug-likeness (QED) is 0.767. The molecule has 25 heavy (non-hydrogen) atoms. The van der Waals surface area contributed by atoms with Crippen LogP contribution in [-0.2, 0) is 19.5 Å². The van der Waals surface area contributed by atoms with Gasteiger partial charge in [-0.25, -0.2) is 0 Å². The fourth-order valence-electron chi connectivity index (χ4n) is 3.47. The van der Waals surface area contributed by atoms with Crippen LogP contribution >= 0.6 is 0 Å². The minimum absolute atomic E-state index is 0.0944. The van der Waals surface area contributed by atoms with Crippen LogP contribution in [0.4, 0.5) is 0 Å². The Bertz CT molecular complexity index is 894. The molecular weight excluding hydrogens is 314 g/mol. The van der Waals surface area contributed by atoms with Crippen molar-refractivity contribution in [3.8, 4) is 0 Å². The van der Waals surface area contributed by atoms with Gasteiger partial charge >= 0.3 is 0 Å². The molecule has 2 N–H and O–H groups in total. The average Bonchev–Trinajstić information content (AvgIpc) is 3.15. The smallest absolute Gasteiger partial charge is 0.271 e. The van der Waals surface area contributed by atoms with Crippen LogP contribution in [0.15, 0.2) is 36.5 Å². The molecule has 6 nitrogen and oxygen atoms in total. The highest BCUT2D eigenvalue weighted by Crippen LogP contribution is 2.18. The lowest BCUT2D eigenvalue weighted by Gasteiger charge is -2.10. The second-order valence-electron chi connectivity index (χ2n) is 6.70. The fraction of sp³-hybridized carbons (Fsp3) is 0.368. The van der Waals surface area contributed by atoms with Crippen LogP contribution in [0.5, 0.6) is 0 Å². The topological polar surface area (TPSA) is 66.0 Å². The zero-order valence-corrected chi connectivity index (χ0v) is 14.5. The average molecular weight is 337 g/mol. The van der Waals surface area contributed by atoms with Gasteiger partial charge in [-0.05, 0) is 37.6 Å². The van der Waals surface area contributed by atoms with Gasteiger partial charge in [-0.3, -0.25) is 9.48 Å². The van der Waals surface area contributed by atoms with E-state index in [4.69, 9.17) is 0 Å². The Labute approximate surface area is 146 Å². The molecule has 4 rings (SSSR count). The summed E-state index contributed by atoms with van der Waals surface area (Å²) in [6.45, 7) is 3.39. The molecule has 1 aliphatic heterocycles. The molecule has 1 aromatic carbocycles. The van der Waals surface area contributed by atoms with E-state index in [0.717, 1.165) is 43.7 Å². The maximum Gasteiger partial charge on any atom is 0.271 e. The molecule has 0 aliphatic carbocycles. The second-order valence-corrected chi connectivity index (χ2v) is 6.70. The molecule has 3 heterocycles. The first-order chi connectivity index (χ1) is 12.2. The van der Waals surface area contributed by atoms with Crippen molar-refractivity contribution in [3.63, 3.8) is 0 Å². The zero-order chi connectivity index (χ0) is 17.2. The molecular formula is C19H23N5O. The fourth-order valence-corrected chi connectivity index (χ4v) is 3.47. The Kier molecular flexibility index (Phi) is 4.28. The number of carbonyl (C=O) groups is 1. The van der Waals surface area contributed by atoms with Crippen molar-refractivity contribution in [3.05, 3.63) is 53.5 Å². The number of aromatic amines is 1. The largest absolute Gasteiger partial charge is 0.361 e. The summed E-state index contributed by atoms with van der Waals surface area (Å²) in [5.41, 5.74) is 3.98. The van der Waals surface area contributed by atoms with Gasteiger partial charge in [0.1, 0.15) is 5.69 Å². The SMILES string of the molecule is CN1CCCn2nc(C(=O)NCCc3c[nH]c4ccccc34)cc2C1. The summed E-state index contributed by atoms with van der Waals surface area (Å²) in [6.07, 6.45) is 3.88.